The summed E-state index contributed by atoms with van der Waals surface area (Å²) in [5.74, 6) is -0.616. The highest BCUT2D eigenvalue weighted by atomic mass is 79.9. The Labute approximate surface area is 202 Å². The van der Waals surface area contributed by atoms with Crippen LogP contribution in [-0.4, -0.2) is 31.2 Å². The molecule has 0 radical (unpaired) electrons. The van der Waals surface area contributed by atoms with Crippen LogP contribution in [0.1, 0.15) is 18.1 Å². The van der Waals surface area contributed by atoms with Crippen molar-refractivity contribution in [1.29, 1.82) is 0 Å². The number of amides is 2. The Bertz CT molecular complexity index is 1140. The van der Waals surface area contributed by atoms with Gasteiger partial charge in [0.15, 0.2) is 18.9 Å². The number of cyclic esters (lactones) is 1. The molecule has 1 N–H and O–H groups in total. The third-order valence-corrected chi connectivity index (χ3v) is 5.40. The van der Waals surface area contributed by atoms with Crippen LogP contribution in [0.2, 0.25) is 0 Å². The van der Waals surface area contributed by atoms with Crippen LogP contribution >= 0.6 is 0 Å². The lowest BCUT2D eigenvalue weighted by Gasteiger charge is -2.14. The number of hydrogen-bond acceptors (Lipinski definition) is 3. The summed E-state index contributed by atoms with van der Waals surface area (Å²) >= 11 is 0. The molecule has 0 aliphatic carbocycles. The van der Waals surface area contributed by atoms with E-state index in [0.717, 1.165) is 12.1 Å². The summed E-state index contributed by atoms with van der Waals surface area (Å²) < 4.78 is 22.2. The Hall–Kier alpha value is -3.26. The van der Waals surface area contributed by atoms with Gasteiger partial charge in [-0.05, 0) is 30.7 Å². The van der Waals surface area contributed by atoms with E-state index in [-0.39, 0.29) is 36.0 Å². The first kappa shape index (κ1) is 24.4. The fourth-order valence-electron chi connectivity index (χ4n) is 3.65. The molecule has 2 amide bonds. The predicted molar refractivity (Wildman–Crippen MR) is 119 cm³/mol. The van der Waals surface area contributed by atoms with Gasteiger partial charge >= 0.3 is 6.09 Å². The first-order valence-corrected chi connectivity index (χ1v) is 10.5. The normalized spacial score (nSPS) is 15.1. The van der Waals surface area contributed by atoms with Gasteiger partial charge in [0.25, 0.3) is 0 Å². The summed E-state index contributed by atoms with van der Waals surface area (Å²) in [6.45, 7) is 4.67. The minimum atomic E-state index is -0.552. The van der Waals surface area contributed by atoms with Crippen molar-refractivity contribution in [2.24, 2.45) is 0 Å². The van der Waals surface area contributed by atoms with E-state index in [9.17, 15) is 14.0 Å². The van der Waals surface area contributed by atoms with Crippen molar-refractivity contribution >= 4 is 17.7 Å². The molecule has 172 valence electrons. The second-order valence-corrected chi connectivity index (χ2v) is 7.96. The molecule has 1 aliphatic rings. The van der Waals surface area contributed by atoms with Crippen LogP contribution in [0.5, 0.6) is 0 Å². The Balaban J connectivity index is 0.00000306. The molecule has 0 saturated carbocycles. The number of aromatic nitrogens is 1. The number of carbonyl (C=O) groups excluding carboxylic acids is 2. The maximum Gasteiger partial charge on any atom is 0.414 e. The van der Waals surface area contributed by atoms with Crippen LogP contribution in [0.3, 0.4) is 0 Å². The van der Waals surface area contributed by atoms with Crippen molar-refractivity contribution in [3.63, 3.8) is 0 Å². The fourth-order valence-corrected chi connectivity index (χ4v) is 3.65. The third kappa shape index (κ3) is 5.96. The number of ether oxygens (including phenoxy) is 1. The molecular formula is C25H25BrFN3O3. The second kappa shape index (κ2) is 10.6. The summed E-state index contributed by atoms with van der Waals surface area (Å²) in [4.78, 5) is 24.6. The molecule has 1 unspecified atom stereocenters. The largest absolute Gasteiger partial charge is 1.00 e. The van der Waals surface area contributed by atoms with E-state index >= 15 is 0 Å². The van der Waals surface area contributed by atoms with Crippen LogP contribution in [0.15, 0.2) is 67.0 Å². The van der Waals surface area contributed by atoms with E-state index < -0.39 is 18.0 Å². The number of halogens is 2. The van der Waals surface area contributed by atoms with E-state index in [4.69, 9.17) is 4.74 Å². The molecular weight excluding hydrogens is 489 g/mol. The molecule has 2 heterocycles. The lowest BCUT2D eigenvalue weighted by Crippen LogP contribution is -3.00. The zero-order chi connectivity index (χ0) is 22.7. The molecule has 1 atom stereocenters. The molecule has 33 heavy (non-hydrogen) atoms. The maximum absolute atomic E-state index is 14.9. The first-order chi connectivity index (χ1) is 15.4. The molecule has 1 aliphatic heterocycles. The number of nitrogens with one attached hydrogen (secondary N) is 1. The summed E-state index contributed by atoms with van der Waals surface area (Å²) in [7, 11) is 0. The van der Waals surface area contributed by atoms with Gasteiger partial charge in [0.2, 0.25) is 5.91 Å². The summed E-state index contributed by atoms with van der Waals surface area (Å²) in [6, 6.07) is 16.8. The highest BCUT2D eigenvalue weighted by Crippen LogP contribution is 2.28. The van der Waals surface area contributed by atoms with E-state index in [2.05, 4.69) is 36.5 Å². The van der Waals surface area contributed by atoms with Crippen LogP contribution in [0.4, 0.5) is 14.9 Å². The Kier molecular flexibility index (Phi) is 7.81. The minimum Gasteiger partial charge on any atom is -1.00 e. The van der Waals surface area contributed by atoms with Crippen LogP contribution < -0.4 is 31.8 Å². The topological polar surface area (TPSA) is 62.5 Å². The highest BCUT2D eigenvalue weighted by molar-refractivity contribution is 5.90. The SMILES string of the molecule is CC(=O)NCC1CN(c2ccc(-c3cc[n+](Cc4ccc(C)cc4)cc3)c(F)c2)C(=O)O1.[Br-]. The molecule has 2 aromatic carbocycles. The number of anilines is 1. The van der Waals surface area contributed by atoms with Gasteiger partial charge in [-0.2, -0.15) is 0 Å². The van der Waals surface area contributed by atoms with E-state index in [1.54, 1.807) is 12.1 Å². The van der Waals surface area contributed by atoms with Crippen molar-refractivity contribution in [2.45, 2.75) is 26.5 Å². The molecule has 0 spiro atoms. The van der Waals surface area contributed by atoms with Gasteiger partial charge < -0.3 is 27.0 Å². The maximum atomic E-state index is 14.9. The summed E-state index contributed by atoms with van der Waals surface area (Å²) in [5.41, 5.74) is 4.05. The number of hydrogen-bond donors (Lipinski definition) is 1. The third-order valence-electron chi connectivity index (χ3n) is 5.40. The number of rotatable bonds is 6. The second-order valence-electron chi connectivity index (χ2n) is 7.96. The molecule has 6 nitrogen and oxygen atoms in total. The molecule has 4 rings (SSSR count). The number of benzene rings is 2. The Morgan fingerprint density at radius 2 is 1.85 bits per heavy atom. The first-order valence-electron chi connectivity index (χ1n) is 10.5. The Morgan fingerprint density at radius 1 is 1.15 bits per heavy atom. The van der Waals surface area contributed by atoms with Gasteiger partial charge in [0.05, 0.1) is 18.8 Å². The zero-order valence-electron chi connectivity index (χ0n) is 18.4. The fraction of sp³-hybridized carbons (Fsp3) is 0.240. The zero-order valence-corrected chi connectivity index (χ0v) is 20.0. The molecule has 0 bridgehead atoms. The number of aryl methyl sites for hydroxylation is 1. The van der Waals surface area contributed by atoms with Crippen molar-refractivity contribution in [1.82, 2.24) is 5.32 Å². The van der Waals surface area contributed by atoms with Gasteiger partial charge in [0.1, 0.15) is 11.9 Å². The lowest BCUT2D eigenvalue weighted by atomic mass is 10.1. The van der Waals surface area contributed by atoms with Gasteiger partial charge in [-0.3, -0.25) is 9.69 Å². The standard InChI is InChI=1S/C25H24FN3O3.BrH/c1-17-3-5-19(6-4-17)15-28-11-9-20(10-12-28)23-8-7-21(13-24(23)26)29-16-22(32-25(29)31)14-27-18(2)30;/h3-13,22H,14-16H2,1-2H3;1H. The molecule has 1 saturated heterocycles. The minimum absolute atomic E-state index is 0. The highest BCUT2D eigenvalue weighted by Gasteiger charge is 2.32. The molecule has 8 heteroatoms. The number of carbonyl (C=O) groups is 2. The lowest BCUT2D eigenvalue weighted by molar-refractivity contribution is -0.688. The Morgan fingerprint density at radius 3 is 2.48 bits per heavy atom. The van der Waals surface area contributed by atoms with Gasteiger partial charge in [-0.1, -0.05) is 29.8 Å². The van der Waals surface area contributed by atoms with Crippen molar-refractivity contribution < 1.29 is 40.3 Å². The van der Waals surface area contributed by atoms with E-state index in [0.29, 0.717) is 11.3 Å². The van der Waals surface area contributed by atoms with Gasteiger partial charge in [-0.15, -0.1) is 0 Å². The van der Waals surface area contributed by atoms with E-state index in [1.807, 2.05) is 29.1 Å². The van der Waals surface area contributed by atoms with Crippen LogP contribution in [0, 0.1) is 12.7 Å². The van der Waals surface area contributed by atoms with Crippen LogP contribution in [0.25, 0.3) is 11.1 Å². The summed E-state index contributed by atoms with van der Waals surface area (Å²) in [6.07, 6.45) is 2.83. The monoisotopic (exact) mass is 513 g/mol. The number of pyridine rings is 1. The predicted octanol–water partition coefficient (Wildman–Crippen LogP) is 0.602. The van der Waals surface area contributed by atoms with Crippen molar-refractivity contribution in [2.75, 3.05) is 18.0 Å². The van der Waals surface area contributed by atoms with E-state index in [1.165, 1.54) is 29.0 Å². The van der Waals surface area contributed by atoms with Crippen LogP contribution in [-0.2, 0) is 16.1 Å². The number of nitrogens with zero attached hydrogens (tertiary/aromatic N) is 2. The van der Waals surface area contributed by atoms with Crippen molar-refractivity contribution in [3.8, 4) is 11.1 Å². The molecule has 1 fully saturated rings. The quantitative estimate of drug-likeness (QED) is 0.491. The summed E-state index contributed by atoms with van der Waals surface area (Å²) in [5, 5.41) is 2.63. The van der Waals surface area contributed by atoms with Gasteiger partial charge in [-0.25, -0.2) is 13.8 Å². The molecule has 3 aromatic rings. The van der Waals surface area contributed by atoms with Gasteiger partial charge in [0, 0.05) is 30.2 Å². The average molecular weight is 514 g/mol. The average Bonchev–Trinajstić information content (AvgIpc) is 3.15. The smallest absolute Gasteiger partial charge is 0.414 e. The molecule has 1 aromatic heterocycles. The van der Waals surface area contributed by atoms with Crippen molar-refractivity contribution in [3.05, 3.63) is 83.9 Å².